The molecular weight excluding hydrogens is 369 g/mol. The summed E-state index contributed by atoms with van der Waals surface area (Å²) in [5.74, 6) is -0.333. The Bertz CT molecular complexity index is 593. The summed E-state index contributed by atoms with van der Waals surface area (Å²) in [4.78, 5) is 11.8. The molecule has 1 N–H and O–H groups in total. The highest BCUT2D eigenvalue weighted by Crippen LogP contribution is 2.15. The number of aryl methyl sites for hydroxylation is 1. The van der Waals surface area contributed by atoms with Crippen LogP contribution in [0.5, 0.6) is 0 Å². The van der Waals surface area contributed by atoms with E-state index in [9.17, 15) is 4.79 Å². The summed E-state index contributed by atoms with van der Waals surface area (Å²) < 4.78 is 7.90. The zero-order valence-corrected chi connectivity index (χ0v) is 13.5. The maximum Gasteiger partial charge on any atom is 0.341 e. The van der Waals surface area contributed by atoms with Gasteiger partial charge in [-0.15, -0.1) is 0 Å². The molecule has 6 heteroatoms. The van der Waals surface area contributed by atoms with Gasteiger partial charge in [0.15, 0.2) is 0 Å². The van der Waals surface area contributed by atoms with Crippen LogP contribution in [0.25, 0.3) is 0 Å². The first-order chi connectivity index (χ1) is 9.61. The third kappa shape index (κ3) is 3.50. The fourth-order valence-electron chi connectivity index (χ4n) is 1.81. The first kappa shape index (κ1) is 14.8. The van der Waals surface area contributed by atoms with Gasteiger partial charge in [-0.2, -0.15) is 5.10 Å². The topological polar surface area (TPSA) is 56.1 Å². The monoisotopic (exact) mass is 385 g/mol. The van der Waals surface area contributed by atoms with Gasteiger partial charge in [0.2, 0.25) is 0 Å². The Morgan fingerprint density at radius 3 is 2.75 bits per heavy atom. The molecule has 0 spiro atoms. The van der Waals surface area contributed by atoms with Crippen LogP contribution in [0.2, 0.25) is 0 Å². The highest BCUT2D eigenvalue weighted by molar-refractivity contribution is 14.1. The molecule has 1 heterocycles. The molecule has 5 nitrogen and oxygen atoms in total. The molecule has 2 rings (SSSR count). The number of nitrogens with zero attached hydrogens (tertiary/aromatic N) is 2. The second-order valence-corrected chi connectivity index (χ2v) is 5.46. The zero-order valence-electron chi connectivity index (χ0n) is 11.4. The largest absolute Gasteiger partial charge is 0.462 e. The van der Waals surface area contributed by atoms with E-state index in [2.05, 4.69) is 33.0 Å². The van der Waals surface area contributed by atoms with Crippen LogP contribution in [-0.4, -0.2) is 22.4 Å². The SMILES string of the molecule is CCOC(=O)c1cnn(C)c1CNc1ccc(I)cc1. The molecule has 20 heavy (non-hydrogen) atoms. The molecular formula is C14H16IN3O2. The minimum Gasteiger partial charge on any atom is -0.462 e. The van der Waals surface area contributed by atoms with Crippen molar-refractivity contribution in [1.29, 1.82) is 0 Å². The number of hydrogen-bond donors (Lipinski definition) is 1. The molecule has 0 saturated carbocycles. The summed E-state index contributed by atoms with van der Waals surface area (Å²) in [6, 6.07) is 8.06. The van der Waals surface area contributed by atoms with E-state index in [-0.39, 0.29) is 5.97 Å². The molecule has 106 valence electrons. The summed E-state index contributed by atoms with van der Waals surface area (Å²) in [5, 5.41) is 7.40. The van der Waals surface area contributed by atoms with E-state index in [0.717, 1.165) is 11.4 Å². The Morgan fingerprint density at radius 2 is 2.10 bits per heavy atom. The molecule has 0 radical (unpaired) electrons. The maximum absolute atomic E-state index is 11.8. The number of esters is 1. The van der Waals surface area contributed by atoms with Gasteiger partial charge < -0.3 is 10.1 Å². The van der Waals surface area contributed by atoms with Crippen LogP contribution >= 0.6 is 22.6 Å². The van der Waals surface area contributed by atoms with Crippen LogP contribution < -0.4 is 5.32 Å². The average Bonchev–Trinajstić information content (AvgIpc) is 2.80. The summed E-state index contributed by atoms with van der Waals surface area (Å²) in [7, 11) is 1.81. The molecule has 0 aliphatic heterocycles. The van der Waals surface area contributed by atoms with Crippen molar-refractivity contribution in [2.24, 2.45) is 7.05 Å². The van der Waals surface area contributed by atoms with Gasteiger partial charge >= 0.3 is 5.97 Å². The number of carbonyl (C=O) groups is 1. The molecule has 0 bridgehead atoms. The van der Waals surface area contributed by atoms with Gasteiger partial charge in [-0.05, 0) is 53.8 Å². The van der Waals surface area contributed by atoms with Crippen molar-refractivity contribution in [3.05, 3.63) is 45.3 Å². The highest BCUT2D eigenvalue weighted by Gasteiger charge is 2.16. The molecule has 0 saturated heterocycles. The second-order valence-electron chi connectivity index (χ2n) is 4.21. The lowest BCUT2D eigenvalue weighted by atomic mass is 10.2. The molecule has 0 unspecified atom stereocenters. The highest BCUT2D eigenvalue weighted by atomic mass is 127. The predicted molar refractivity (Wildman–Crippen MR) is 85.7 cm³/mol. The van der Waals surface area contributed by atoms with Crippen molar-refractivity contribution in [1.82, 2.24) is 9.78 Å². The van der Waals surface area contributed by atoms with Gasteiger partial charge in [0.05, 0.1) is 25.0 Å². The number of ether oxygens (including phenoxy) is 1. The molecule has 1 aromatic carbocycles. The van der Waals surface area contributed by atoms with Gasteiger partial charge in [0.1, 0.15) is 5.56 Å². The lowest BCUT2D eigenvalue weighted by Crippen LogP contribution is -2.12. The van der Waals surface area contributed by atoms with Crippen molar-refractivity contribution in [2.75, 3.05) is 11.9 Å². The summed E-state index contributed by atoms with van der Waals surface area (Å²) >= 11 is 2.26. The Balaban J connectivity index is 2.11. The maximum atomic E-state index is 11.8. The Labute approximate surface area is 131 Å². The first-order valence-electron chi connectivity index (χ1n) is 6.29. The number of benzene rings is 1. The molecule has 2 aromatic rings. The van der Waals surface area contributed by atoms with Crippen LogP contribution in [0.15, 0.2) is 30.5 Å². The number of carbonyl (C=O) groups excluding carboxylic acids is 1. The zero-order chi connectivity index (χ0) is 14.5. The van der Waals surface area contributed by atoms with Gasteiger partial charge in [0, 0.05) is 16.3 Å². The summed E-state index contributed by atoms with van der Waals surface area (Å²) in [6.07, 6.45) is 1.54. The summed E-state index contributed by atoms with van der Waals surface area (Å²) in [5.41, 5.74) is 2.32. The number of halogens is 1. The second kappa shape index (κ2) is 6.74. The number of aromatic nitrogens is 2. The molecule has 0 aliphatic carbocycles. The van der Waals surface area contributed by atoms with Crippen LogP contribution in [0.3, 0.4) is 0 Å². The summed E-state index contributed by atoms with van der Waals surface area (Å²) in [6.45, 7) is 2.67. The standard InChI is InChI=1S/C14H16IN3O2/c1-3-20-14(19)12-8-17-18(2)13(12)9-16-11-6-4-10(15)5-7-11/h4-8,16H,3,9H2,1-2H3. The van der Waals surface area contributed by atoms with E-state index >= 15 is 0 Å². The van der Waals surface area contributed by atoms with Crippen molar-refractivity contribution < 1.29 is 9.53 Å². The predicted octanol–water partition coefficient (Wildman–Crippen LogP) is 2.81. The van der Waals surface area contributed by atoms with Crippen LogP contribution in [-0.2, 0) is 18.3 Å². The van der Waals surface area contributed by atoms with Crippen molar-refractivity contribution in [3.63, 3.8) is 0 Å². The van der Waals surface area contributed by atoms with E-state index in [1.165, 1.54) is 3.57 Å². The lowest BCUT2D eigenvalue weighted by Gasteiger charge is -2.09. The van der Waals surface area contributed by atoms with Crippen molar-refractivity contribution in [3.8, 4) is 0 Å². The normalized spacial score (nSPS) is 10.3. The Hall–Kier alpha value is -1.57. The Kier molecular flexibility index (Phi) is 4.99. The van der Waals surface area contributed by atoms with Crippen LogP contribution in [0.1, 0.15) is 23.0 Å². The number of rotatable bonds is 5. The van der Waals surface area contributed by atoms with Gasteiger partial charge in [-0.3, -0.25) is 4.68 Å². The first-order valence-corrected chi connectivity index (χ1v) is 7.37. The van der Waals surface area contributed by atoms with Crippen molar-refractivity contribution in [2.45, 2.75) is 13.5 Å². The minimum absolute atomic E-state index is 0.333. The quantitative estimate of drug-likeness (QED) is 0.636. The third-order valence-electron chi connectivity index (χ3n) is 2.86. The van der Waals surface area contributed by atoms with Crippen molar-refractivity contribution >= 4 is 34.2 Å². The third-order valence-corrected chi connectivity index (χ3v) is 3.58. The molecule has 0 fully saturated rings. The van der Waals surface area contributed by atoms with E-state index in [0.29, 0.717) is 18.7 Å². The molecule has 0 aliphatic rings. The minimum atomic E-state index is -0.333. The average molecular weight is 385 g/mol. The van der Waals surface area contributed by atoms with Gasteiger partial charge in [-0.25, -0.2) is 4.79 Å². The van der Waals surface area contributed by atoms with Crippen LogP contribution in [0, 0.1) is 3.57 Å². The number of nitrogens with one attached hydrogen (secondary N) is 1. The number of anilines is 1. The van der Waals surface area contributed by atoms with Gasteiger partial charge in [0.25, 0.3) is 0 Å². The molecule has 1 aromatic heterocycles. The number of hydrogen-bond acceptors (Lipinski definition) is 4. The van der Waals surface area contributed by atoms with E-state index in [4.69, 9.17) is 4.74 Å². The smallest absolute Gasteiger partial charge is 0.341 e. The van der Waals surface area contributed by atoms with Crippen LogP contribution in [0.4, 0.5) is 5.69 Å². The fraction of sp³-hybridized carbons (Fsp3) is 0.286. The fourth-order valence-corrected chi connectivity index (χ4v) is 2.16. The Morgan fingerprint density at radius 1 is 1.40 bits per heavy atom. The lowest BCUT2D eigenvalue weighted by molar-refractivity contribution is 0.0525. The van der Waals surface area contributed by atoms with Gasteiger partial charge in [-0.1, -0.05) is 0 Å². The van der Waals surface area contributed by atoms with E-state index in [1.807, 2.05) is 31.3 Å². The van der Waals surface area contributed by atoms with E-state index < -0.39 is 0 Å². The molecule has 0 atom stereocenters. The van der Waals surface area contributed by atoms with E-state index in [1.54, 1.807) is 17.8 Å². The molecule has 0 amide bonds.